The fourth-order valence-electron chi connectivity index (χ4n) is 2.94. The van der Waals surface area contributed by atoms with Crippen molar-refractivity contribution in [2.75, 3.05) is 19.6 Å². The summed E-state index contributed by atoms with van der Waals surface area (Å²) in [7, 11) is 0. The van der Waals surface area contributed by atoms with Crippen LogP contribution in [0.2, 0.25) is 0 Å². The lowest BCUT2D eigenvalue weighted by Crippen LogP contribution is -2.46. The summed E-state index contributed by atoms with van der Waals surface area (Å²) in [5.41, 5.74) is 2.57. The van der Waals surface area contributed by atoms with Crippen molar-refractivity contribution in [1.29, 1.82) is 0 Å². The first kappa shape index (κ1) is 16.9. The van der Waals surface area contributed by atoms with E-state index in [2.05, 4.69) is 38.9 Å². The number of nitrogens with zero attached hydrogens (tertiary/aromatic N) is 2. The fraction of sp³-hybridized carbons (Fsp3) is 0.444. The summed E-state index contributed by atoms with van der Waals surface area (Å²) in [6.45, 7) is 5.52. The van der Waals surface area contributed by atoms with E-state index in [-0.39, 0.29) is 6.03 Å². The van der Waals surface area contributed by atoms with E-state index in [1.807, 2.05) is 29.7 Å². The van der Waals surface area contributed by atoms with Crippen LogP contribution in [0.5, 0.6) is 0 Å². The lowest BCUT2D eigenvalue weighted by molar-refractivity contribution is 0.186. The zero-order chi connectivity index (χ0) is 16.8. The third-order valence-electron chi connectivity index (χ3n) is 4.44. The number of rotatable bonds is 6. The van der Waals surface area contributed by atoms with Gasteiger partial charge in [-0.1, -0.05) is 6.07 Å². The number of thiophene rings is 1. The summed E-state index contributed by atoms with van der Waals surface area (Å²) in [5, 5.41) is 8.06. The molecular formula is C18H24N4OS. The van der Waals surface area contributed by atoms with Gasteiger partial charge in [-0.15, -0.1) is 11.3 Å². The molecule has 0 radical (unpaired) electrons. The minimum absolute atomic E-state index is 0.0982. The molecule has 0 saturated carbocycles. The van der Waals surface area contributed by atoms with Crippen LogP contribution in [-0.2, 0) is 19.4 Å². The SMILES string of the molecule is C[C@@H](CNC(=O)NCCc1cccnc1)N1CCc2sccc2C1. The van der Waals surface area contributed by atoms with Crippen molar-refractivity contribution in [3.05, 3.63) is 52.0 Å². The van der Waals surface area contributed by atoms with Crippen LogP contribution in [0.3, 0.4) is 0 Å². The van der Waals surface area contributed by atoms with E-state index < -0.39 is 0 Å². The summed E-state index contributed by atoms with van der Waals surface area (Å²) < 4.78 is 0. The van der Waals surface area contributed by atoms with Crippen LogP contribution < -0.4 is 10.6 Å². The Bertz CT molecular complexity index is 658. The molecular weight excluding hydrogens is 320 g/mol. The minimum Gasteiger partial charge on any atom is -0.338 e. The number of carbonyl (C=O) groups is 1. The number of nitrogens with one attached hydrogen (secondary N) is 2. The van der Waals surface area contributed by atoms with E-state index in [4.69, 9.17) is 0 Å². The van der Waals surface area contributed by atoms with Gasteiger partial charge in [-0.2, -0.15) is 0 Å². The summed E-state index contributed by atoms with van der Waals surface area (Å²) in [6, 6.07) is 6.39. The third-order valence-corrected chi connectivity index (χ3v) is 5.46. The number of fused-ring (bicyclic) bond motifs is 1. The maximum Gasteiger partial charge on any atom is 0.314 e. The Labute approximate surface area is 147 Å². The van der Waals surface area contributed by atoms with Crippen molar-refractivity contribution in [1.82, 2.24) is 20.5 Å². The van der Waals surface area contributed by atoms with E-state index in [1.54, 1.807) is 6.20 Å². The molecule has 0 unspecified atom stereocenters. The van der Waals surface area contributed by atoms with Crippen LogP contribution in [0.25, 0.3) is 0 Å². The smallest absolute Gasteiger partial charge is 0.314 e. The molecule has 5 nitrogen and oxygen atoms in total. The number of aromatic nitrogens is 1. The molecule has 0 bridgehead atoms. The van der Waals surface area contributed by atoms with Crippen molar-refractivity contribution in [2.45, 2.75) is 32.4 Å². The van der Waals surface area contributed by atoms with Gasteiger partial charge in [-0.05, 0) is 48.4 Å². The summed E-state index contributed by atoms with van der Waals surface area (Å²) in [4.78, 5) is 19.9. The molecule has 3 heterocycles. The first-order chi connectivity index (χ1) is 11.7. The van der Waals surface area contributed by atoms with Gasteiger partial charge in [-0.3, -0.25) is 9.88 Å². The quantitative estimate of drug-likeness (QED) is 0.846. The van der Waals surface area contributed by atoms with Crippen LogP contribution in [0.4, 0.5) is 4.79 Å². The maximum atomic E-state index is 11.9. The Balaban J connectivity index is 1.35. The average molecular weight is 344 g/mol. The standard InChI is InChI=1S/C18H24N4OS/c1-14(22-9-5-17-16(13-22)6-10-24-17)11-21-18(23)20-8-4-15-3-2-7-19-12-15/h2-3,6-7,10,12,14H,4-5,8-9,11,13H2,1H3,(H2,20,21,23)/t14-/m0/s1. The molecule has 2 amide bonds. The van der Waals surface area contributed by atoms with E-state index >= 15 is 0 Å². The van der Waals surface area contributed by atoms with Gasteiger partial charge in [0.1, 0.15) is 0 Å². The van der Waals surface area contributed by atoms with Crippen molar-refractivity contribution >= 4 is 17.4 Å². The predicted octanol–water partition coefficient (Wildman–Crippen LogP) is 2.43. The lowest BCUT2D eigenvalue weighted by atomic mass is 10.1. The van der Waals surface area contributed by atoms with Crippen molar-refractivity contribution in [3.8, 4) is 0 Å². The molecule has 2 aromatic rings. The van der Waals surface area contributed by atoms with Gasteiger partial charge in [0.25, 0.3) is 0 Å². The van der Waals surface area contributed by atoms with Crippen molar-refractivity contribution < 1.29 is 4.79 Å². The summed E-state index contributed by atoms with van der Waals surface area (Å²) >= 11 is 1.85. The fourth-order valence-corrected chi connectivity index (χ4v) is 3.83. The molecule has 0 fully saturated rings. The normalized spacial score (nSPS) is 15.5. The van der Waals surface area contributed by atoms with Gasteiger partial charge in [-0.25, -0.2) is 4.79 Å². The van der Waals surface area contributed by atoms with Crippen LogP contribution in [0.1, 0.15) is 22.9 Å². The highest BCUT2D eigenvalue weighted by molar-refractivity contribution is 7.10. The Morgan fingerprint density at radius 1 is 1.42 bits per heavy atom. The Morgan fingerprint density at radius 3 is 3.17 bits per heavy atom. The molecule has 6 heteroatoms. The van der Waals surface area contributed by atoms with E-state index in [0.717, 1.165) is 31.5 Å². The predicted molar refractivity (Wildman–Crippen MR) is 97.2 cm³/mol. The van der Waals surface area contributed by atoms with Crippen LogP contribution in [0, 0.1) is 0 Å². The second-order valence-corrected chi connectivity index (χ2v) is 7.19. The molecule has 1 aliphatic rings. The molecule has 3 rings (SSSR count). The maximum absolute atomic E-state index is 11.9. The zero-order valence-electron chi connectivity index (χ0n) is 14.0. The van der Waals surface area contributed by atoms with Crippen LogP contribution >= 0.6 is 11.3 Å². The second-order valence-electron chi connectivity index (χ2n) is 6.19. The molecule has 128 valence electrons. The number of pyridine rings is 1. The third kappa shape index (κ3) is 4.55. The Hall–Kier alpha value is -1.92. The van der Waals surface area contributed by atoms with E-state index in [9.17, 15) is 4.79 Å². The van der Waals surface area contributed by atoms with Gasteiger partial charge in [0.15, 0.2) is 0 Å². The average Bonchev–Trinajstić information content (AvgIpc) is 3.08. The molecule has 24 heavy (non-hydrogen) atoms. The van der Waals surface area contributed by atoms with E-state index in [0.29, 0.717) is 19.1 Å². The van der Waals surface area contributed by atoms with Crippen LogP contribution in [0.15, 0.2) is 36.0 Å². The van der Waals surface area contributed by atoms with Crippen molar-refractivity contribution in [2.24, 2.45) is 0 Å². The molecule has 1 atom stereocenters. The number of urea groups is 1. The monoisotopic (exact) mass is 344 g/mol. The molecule has 0 saturated heterocycles. The number of hydrogen-bond acceptors (Lipinski definition) is 4. The highest BCUT2D eigenvalue weighted by Gasteiger charge is 2.21. The Kier molecular flexibility index (Phi) is 5.82. The topological polar surface area (TPSA) is 57.3 Å². The zero-order valence-corrected chi connectivity index (χ0v) is 14.8. The molecule has 2 N–H and O–H groups in total. The second kappa shape index (κ2) is 8.26. The molecule has 0 spiro atoms. The number of amides is 2. The van der Waals surface area contributed by atoms with E-state index in [1.165, 1.54) is 10.4 Å². The summed E-state index contributed by atoms with van der Waals surface area (Å²) in [5.74, 6) is 0. The number of hydrogen-bond donors (Lipinski definition) is 2. The molecule has 1 aliphatic heterocycles. The van der Waals surface area contributed by atoms with Gasteiger partial charge in [0.05, 0.1) is 0 Å². The Morgan fingerprint density at radius 2 is 2.33 bits per heavy atom. The number of carbonyl (C=O) groups excluding carboxylic acids is 1. The van der Waals surface area contributed by atoms with Gasteiger partial charge >= 0.3 is 6.03 Å². The highest BCUT2D eigenvalue weighted by Crippen LogP contribution is 2.24. The highest BCUT2D eigenvalue weighted by atomic mass is 32.1. The van der Waals surface area contributed by atoms with Gasteiger partial charge in [0.2, 0.25) is 0 Å². The van der Waals surface area contributed by atoms with Crippen molar-refractivity contribution in [3.63, 3.8) is 0 Å². The van der Waals surface area contributed by atoms with Gasteiger partial charge in [0, 0.05) is 49.5 Å². The first-order valence-electron chi connectivity index (χ1n) is 8.42. The molecule has 2 aromatic heterocycles. The molecule has 0 aliphatic carbocycles. The summed E-state index contributed by atoms with van der Waals surface area (Å²) in [6.07, 6.45) is 5.50. The minimum atomic E-state index is -0.0982. The van der Waals surface area contributed by atoms with Gasteiger partial charge < -0.3 is 10.6 Å². The largest absolute Gasteiger partial charge is 0.338 e. The molecule has 0 aromatic carbocycles. The van der Waals surface area contributed by atoms with Crippen LogP contribution in [-0.4, -0.2) is 41.6 Å². The first-order valence-corrected chi connectivity index (χ1v) is 9.30. The lowest BCUT2D eigenvalue weighted by Gasteiger charge is -2.32.